The zero-order valence-corrected chi connectivity index (χ0v) is 16.2. The van der Waals surface area contributed by atoms with E-state index in [0.717, 1.165) is 16.8 Å². The third kappa shape index (κ3) is 3.20. The molecule has 8 heteroatoms. The molecule has 1 atom stereocenters. The molecule has 0 saturated carbocycles. The van der Waals surface area contributed by atoms with Crippen LogP contribution in [0.4, 0.5) is 11.4 Å². The summed E-state index contributed by atoms with van der Waals surface area (Å²) in [7, 11) is 0. The molecule has 0 N–H and O–H groups in total. The second-order valence-corrected chi connectivity index (χ2v) is 7.88. The van der Waals surface area contributed by atoms with Gasteiger partial charge in [0.2, 0.25) is 0 Å². The molecule has 0 spiro atoms. The number of nitrogens with zero attached hydrogens (tertiary/aromatic N) is 4. The predicted molar refractivity (Wildman–Crippen MR) is 110 cm³/mol. The van der Waals surface area contributed by atoms with Gasteiger partial charge in [-0.25, -0.2) is 9.89 Å². The molecule has 0 saturated heterocycles. The van der Waals surface area contributed by atoms with Crippen LogP contribution < -0.4 is 0 Å². The summed E-state index contributed by atoms with van der Waals surface area (Å²) in [6, 6.07) is 13.7. The molecule has 28 heavy (non-hydrogen) atoms. The van der Waals surface area contributed by atoms with Gasteiger partial charge in [-0.2, -0.15) is 0 Å². The number of carbonyl (C=O) groups is 1. The molecular formula is C20H18N4O3S. The Morgan fingerprint density at radius 3 is 2.75 bits per heavy atom. The van der Waals surface area contributed by atoms with Crippen LogP contribution in [-0.4, -0.2) is 32.8 Å². The number of para-hydroxylation sites is 1. The first-order chi connectivity index (χ1) is 13.5. The van der Waals surface area contributed by atoms with E-state index in [9.17, 15) is 14.9 Å². The molecule has 2 aliphatic heterocycles. The number of non-ortho nitro benzene ring substituents is 1. The van der Waals surface area contributed by atoms with Crippen LogP contribution in [-0.2, 0) is 10.5 Å². The van der Waals surface area contributed by atoms with E-state index in [4.69, 9.17) is 0 Å². The minimum absolute atomic E-state index is 0.0494. The maximum atomic E-state index is 13.0. The number of amides is 1. The van der Waals surface area contributed by atoms with Crippen LogP contribution in [0.3, 0.4) is 0 Å². The number of benzene rings is 2. The van der Waals surface area contributed by atoms with Crippen molar-refractivity contribution in [1.82, 2.24) is 4.90 Å². The van der Waals surface area contributed by atoms with Gasteiger partial charge >= 0.3 is 0 Å². The summed E-state index contributed by atoms with van der Waals surface area (Å²) in [5.41, 5.74) is 2.47. The Kier molecular flexibility index (Phi) is 4.72. The zero-order chi connectivity index (χ0) is 19.8. The Morgan fingerprint density at radius 1 is 1.21 bits per heavy atom. The molecular weight excluding hydrogens is 376 g/mol. The van der Waals surface area contributed by atoms with Gasteiger partial charge in [-0.3, -0.25) is 19.9 Å². The Bertz CT molecular complexity index is 1030. The van der Waals surface area contributed by atoms with E-state index >= 15 is 0 Å². The largest absolute Gasteiger partial charge is 0.271 e. The number of hydrogen-bond acceptors (Lipinski definition) is 6. The summed E-state index contributed by atoms with van der Waals surface area (Å²) in [6.45, 7) is 3.95. The van der Waals surface area contributed by atoms with Crippen molar-refractivity contribution in [2.45, 2.75) is 25.6 Å². The topological polar surface area (TPSA) is 88.2 Å². The molecule has 0 fully saturated rings. The lowest BCUT2D eigenvalue weighted by Crippen LogP contribution is -2.41. The van der Waals surface area contributed by atoms with Gasteiger partial charge in [-0.15, -0.1) is 0 Å². The van der Waals surface area contributed by atoms with Gasteiger partial charge in [-0.05, 0) is 23.6 Å². The molecule has 0 aliphatic carbocycles. The number of nitro benzene ring substituents is 1. The monoisotopic (exact) mass is 394 g/mol. The first-order valence-corrected chi connectivity index (χ1v) is 9.90. The SMILES string of the molecule is CC(C)C1N=C2c3ccccc3N=C(SCc3cccc([N+](=O)[O-])c3)N2C1=O. The molecule has 0 radical (unpaired) electrons. The van der Waals surface area contributed by atoms with Crippen molar-refractivity contribution in [3.63, 3.8) is 0 Å². The average Bonchev–Trinajstić information content (AvgIpc) is 3.04. The molecule has 2 aromatic rings. The van der Waals surface area contributed by atoms with Crippen LogP contribution in [0.25, 0.3) is 0 Å². The van der Waals surface area contributed by atoms with Crippen molar-refractivity contribution in [2.75, 3.05) is 0 Å². The maximum absolute atomic E-state index is 13.0. The van der Waals surface area contributed by atoms with Crippen molar-refractivity contribution in [3.8, 4) is 0 Å². The average molecular weight is 394 g/mol. The molecule has 4 rings (SSSR count). The van der Waals surface area contributed by atoms with Gasteiger partial charge in [0.05, 0.1) is 10.6 Å². The quantitative estimate of drug-likeness (QED) is 0.576. The van der Waals surface area contributed by atoms with Gasteiger partial charge < -0.3 is 0 Å². The smallest absolute Gasteiger partial charge is 0.269 e. The summed E-state index contributed by atoms with van der Waals surface area (Å²) in [6.07, 6.45) is 0. The number of amidine groups is 2. The number of nitro groups is 1. The molecule has 0 aromatic heterocycles. The minimum atomic E-state index is -0.426. The van der Waals surface area contributed by atoms with Crippen LogP contribution >= 0.6 is 11.8 Å². The van der Waals surface area contributed by atoms with E-state index in [0.29, 0.717) is 16.8 Å². The zero-order valence-electron chi connectivity index (χ0n) is 15.4. The Morgan fingerprint density at radius 2 is 2.00 bits per heavy atom. The van der Waals surface area contributed by atoms with E-state index < -0.39 is 11.0 Å². The number of aliphatic imine (C=N–C) groups is 2. The van der Waals surface area contributed by atoms with Gasteiger partial charge in [0, 0.05) is 23.4 Å². The molecule has 2 aromatic carbocycles. The third-order valence-corrected chi connectivity index (χ3v) is 5.63. The second-order valence-electron chi connectivity index (χ2n) is 6.94. The van der Waals surface area contributed by atoms with Crippen molar-refractivity contribution >= 4 is 40.0 Å². The highest BCUT2D eigenvalue weighted by Gasteiger charge is 2.42. The van der Waals surface area contributed by atoms with Gasteiger partial charge in [-0.1, -0.05) is 49.9 Å². The molecule has 2 aliphatic rings. The Balaban J connectivity index is 1.66. The number of thioether (sulfide) groups is 1. The van der Waals surface area contributed by atoms with E-state index in [1.165, 1.54) is 17.8 Å². The summed E-state index contributed by atoms with van der Waals surface area (Å²) >= 11 is 1.38. The van der Waals surface area contributed by atoms with E-state index in [1.807, 2.05) is 44.2 Å². The highest BCUT2D eigenvalue weighted by atomic mass is 32.2. The second kappa shape index (κ2) is 7.20. The normalized spacial score (nSPS) is 17.9. The third-order valence-electron chi connectivity index (χ3n) is 4.62. The predicted octanol–water partition coefficient (Wildman–Crippen LogP) is 4.14. The van der Waals surface area contributed by atoms with Crippen LogP contribution in [0.5, 0.6) is 0 Å². The van der Waals surface area contributed by atoms with E-state index in [1.54, 1.807) is 17.0 Å². The van der Waals surface area contributed by atoms with Crippen molar-refractivity contribution in [1.29, 1.82) is 0 Å². The molecule has 142 valence electrons. The first kappa shape index (κ1) is 18.4. The molecule has 0 bridgehead atoms. The standard InChI is InChI=1S/C20H18N4O3S/c1-12(2)17-19(25)23-18(22-17)15-8-3-4-9-16(15)21-20(23)28-11-13-6-5-7-14(10-13)24(26)27/h3-10,12,17H,11H2,1-2H3. The fraction of sp³-hybridized carbons (Fsp3) is 0.250. The summed E-state index contributed by atoms with van der Waals surface area (Å²) in [4.78, 5) is 34.5. The van der Waals surface area contributed by atoms with Crippen LogP contribution in [0.2, 0.25) is 0 Å². The number of carbonyl (C=O) groups excluding carboxylic acids is 1. The highest BCUT2D eigenvalue weighted by Crippen LogP contribution is 2.35. The van der Waals surface area contributed by atoms with Gasteiger partial charge in [0.25, 0.3) is 11.6 Å². The summed E-state index contributed by atoms with van der Waals surface area (Å²) in [5.74, 6) is 1.10. The lowest BCUT2D eigenvalue weighted by atomic mass is 10.1. The minimum Gasteiger partial charge on any atom is -0.271 e. The van der Waals surface area contributed by atoms with Crippen molar-refractivity contribution in [2.24, 2.45) is 15.9 Å². The van der Waals surface area contributed by atoms with Gasteiger partial charge in [0.1, 0.15) is 11.9 Å². The lowest BCUT2D eigenvalue weighted by molar-refractivity contribution is -0.384. The van der Waals surface area contributed by atoms with Crippen LogP contribution in [0.15, 0.2) is 58.5 Å². The van der Waals surface area contributed by atoms with Crippen molar-refractivity contribution < 1.29 is 9.72 Å². The summed E-state index contributed by atoms with van der Waals surface area (Å²) < 4.78 is 0. The number of fused-ring (bicyclic) bond motifs is 3. The van der Waals surface area contributed by atoms with Crippen molar-refractivity contribution in [3.05, 3.63) is 69.8 Å². The maximum Gasteiger partial charge on any atom is 0.269 e. The fourth-order valence-electron chi connectivity index (χ4n) is 3.21. The number of hydrogen-bond donors (Lipinski definition) is 0. The molecule has 7 nitrogen and oxygen atoms in total. The Labute approximate surface area is 166 Å². The highest BCUT2D eigenvalue weighted by molar-refractivity contribution is 8.13. The lowest BCUT2D eigenvalue weighted by Gasteiger charge is -2.25. The van der Waals surface area contributed by atoms with E-state index in [-0.39, 0.29) is 17.5 Å². The van der Waals surface area contributed by atoms with E-state index in [2.05, 4.69) is 9.98 Å². The van der Waals surface area contributed by atoms with Crippen LogP contribution in [0, 0.1) is 16.0 Å². The molecule has 1 unspecified atom stereocenters. The first-order valence-electron chi connectivity index (χ1n) is 8.91. The van der Waals surface area contributed by atoms with Crippen LogP contribution in [0.1, 0.15) is 25.0 Å². The molecule has 1 amide bonds. The summed E-state index contributed by atoms with van der Waals surface area (Å²) in [5, 5.41) is 11.5. The molecule has 2 heterocycles. The van der Waals surface area contributed by atoms with Gasteiger partial charge in [0.15, 0.2) is 5.17 Å². The Hall–Kier alpha value is -3.00. The fourth-order valence-corrected chi connectivity index (χ4v) is 4.15. The number of rotatable bonds is 4.